The van der Waals surface area contributed by atoms with E-state index in [9.17, 15) is 9.59 Å². The number of amides is 2. The summed E-state index contributed by atoms with van der Waals surface area (Å²) in [6.07, 6.45) is 0. The zero-order valence-corrected chi connectivity index (χ0v) is 16.8. The van der Waals surface area contributed by atoms with E-state index in [1.807, 2.05) is 36.1 Å². The van der Waals surface area contributed by atoms with Crippen LogP contribution in [0.5, 0.6) is 0 Å². The van der Waals surface area contributed by atoms with Gasteiger partial charge in [-0.2, -0.15) is 0 Å². The maximum atomic E-state index is 13.4. The van der Waals surface area contributed by atoms with Crippen LogP contribution in [0.1, 0.15) is 11.1 Å². The van der Waals surface area contributed by atoms with Crippen LogP contribution in [0.3, 0.4) is 0 Å². The van der Waals surface area contributed by atoms with Crippen molar-refractivity contribution in [2.45, 2.75) is 6.92 Å². The summed E-state index contributed by atoms with van der Waals surface area (Å²) in [5, 5.41) is 0.689. The van der Waals surface area contributed by atoms with Gasteiger partial charge in [-0.05, 0) is 30.7 Å². The van der Waals surface area contributed by atoms with Gasteiger partial charge in [0.1, 0.15) is 5.70 Å². The molecule has 5 nitrogen and oxygen atoms in total. The van der Waals surface area contributed by atoms with Gasteiger partial charge in [0.15, 0.2) is 0 Å². The number of imide groups is 1. The Balaban J connectivity index is 1.85. The maximum Gasteiger partial charge on any atom is 0.282 e. The minimum Gasteiger partial charge on any atom is -0.378 e. The molecule has 2 aliphatic rings. The van der Waals surface area contributed by atoms with Crippen molar-refractivity contribution >= 4 is 46.3 Å². The van der Waals surface area contributed by atoms with Crippen molar-refractivity contribution < 1.29 is 14.3 Å². The molecule has 0 spiro atoms. The average molecular weight is 417 g/mol. The van der Waals surface area contributed by atoms with Gasteiger partial charge in [0.05, 0.1) is 29.5 Å². The number of anilines is 1. The lowest BCUT2D eigenvalue weighted by Gasteiger charge is -2.29. The molecule has 0 unspecified atom stereocenters. The molecule has 28 heavy (non-hydrogen) atoms. The van der Waals surface area contributed by atoms with Gasteiger partial charge in [0.25, 0.3) is 11.8 Å². The lowest BCUT2D eigenvalue weighted by molar-refractivity contribution is -0.121. The van der Waals surface area contributed by atoms with Crippen molar-refractivity contribution in [3.63, 3.8) is 0 Å². The van der Waals surface area contributed by atoms with E-state index in [0.717, 1.165) is 10.5 Å². The standard InChI is InChI=1S/C21H18Cl2N2O3/c1-13-2-4-14(5-3-13)18-19(24-8-10-28-11-9-24)21(27)25(20(18)26)17-12-15(22)6-7-16(17)23/h2-7,12H,8-11H2,1H3. The Kier molecular flexibility index (Phi) is 5.15. The largest absolute Gasteiger partial charge is 0.378 e. The van der Waals surface area contributed by atoms with E-state index in [-0.39, 0.29) is 10.7 Å². The molecule has 0 saturated carbocycles. The lowest BCUT2D eigenvalue weighted by Crippen LogP contribution is -2.40. The molecule has 2 heterocycles. The molecule has 2 aromatic carbocycles. The molecule has 1 fully saturated rings. The van der Waals surface area contributed by atoms with Crippen LogP contribution in [0.4, 0.5) is 5.69 Å². The second-order valence-corrected chi connectivity index (χ2v) is 7.57. The molecule has 0 N–H and O–H groups in total. The van der Waals surface area contributed by atoms with E-state index in [4.69, 9.17) is 27.9 Å². The molecule has 7 heteroatoms. The molecular formula is C21H18Cl2N2O3. The highest BCUT2D eigenvalue weighted by Crippen LogP contribution is 2.38. The lowest BCUT2D eigenvalue weighted by atomic mass is 10.0. The predicted octanol–water partition coefficient (Wildman–Crippen LogP) is 3.92. The van der Waals surface area contributed by atoms with E-state index in [1.165, 1.54) is 6.07 Å². The van der Waals surface area contributed by atoms with Gasteiger partial charge in [-0.25, -0.2) is 4.90 Å². The molecule has 2 amide bonds. The molecule has 144 valence electrons. The Morgan fingerprint density at radius 1 is 0.929 bits per heavy atom. The molecule has 0 aromatic heterocycles. The van der Waals surface area contributed by atoms with Gasteiger partial charge in [-0.1, -0.05) is 53.0 Å². The van der Waals surface area contributed by atoms with Gasteiger partial charge >= 0.3 is 0 Å². The first-order chi connectivity index (χ1) is 13.5. The van der Waals surface area contributed by atoms with Crippen molar-refractivity contribution in [3.8, 4) is 0 Å². The first-order valence-corrected chi connectivity index (χ1v) is 9.71. The summed E-state index contributed by atoms with van der Waals surface area (Å²) in [6, 6.07) is 12.3. The molecule has 1 saturated heterocycles. The number of hydrogen-bond acceptors (Lipinski definition) is 4. The van der Waals surface area contributed by atoms with Crippen LogP contribution in [0, 0.1) is 6.92 Å². The van der Waals surface area contributed by atoms with Crippen LogP contribution in [0.15, 0.2) is 48.2 Å². The third-order valence-corrected chi connectivity index (χ3v) is 5.43. The van der Waals surface area contributed by atoms with Crippen LogP contribution in [0.2, 0.25) is 10.0 Å². The number of nitrogens with zero attached hydrogens (tertiary/aromatic N) is 2. The van der Waals surface area contributed by atoms with Crippen LogP contribution < -0.4 is 4.90 Å². The normalized spacial score (nSPS) is 17.7. The third kappa shape index (κ3) is 3.30. The van der Waals surface area contributed by atoms with Crippen molar-refractivity contribution in [2.24, 2.45) is 0 Å². The fourth-order valence-corrected chi connectivity index (χ4v) is 3.82. The van der Waals surface area contributed by atoms with Crippen molar-refractivity contribution in [1.29, 1.82) is 0 Å². The van der Waals surface area contributed by atoms with Crippen LogP contribution in [-0.2, 0) is 14.3 Å². The summed E-state index contributed by atoms with van der Waals surface area (Å²) in [5.74, 6) is -0.800. The summed E-state index contributed by atoms with van der Waals surface area (Å²) in [7, 11) is 0. The molecule has 0 atom stereocenters. The van der Waals surface area contributed by atoms with E-state index in [0.29, 0.717) is 48.2 Å². The van der Waals surface area contributed by atoms with E-state index < -0.39 is 11.8 Å². The second-order valence-electron chi connectivity index (χ2n) is 6.73. The highest BCUT2D eigenvalue weighted by Gasteiger charge is 2.43. The number of halogens is 2. The molecule has 2 aliphatic heterocycles. The van der Waals surface area contributed by atoms with Gasteiger partial charge in [-0.3, -0.25) is 9.59 Å². The molecule has 2 aromatic rings. The Morgan fingerprint density at radius 2 is 1.61 bits per heavy atom. The fraction of sp³-hybridized carbons (Fsp3) is 0.238. The number of rotatable bonds is 3. The topological polar surface area (TPSA) is 49.9 Å². The summed E-state index contributed by atoms with van der Waals surface area (Å²) in [5.41, 5.74) is 2.82. The molecule has 4 rings (SSSR count). The zero-order chi connectivity index (χ0) is 19.8. The van der Waals surface area contributed by atoms with Crippen LogP contribution >= 0.6 is 23.2 Å². The van der Waals surface area contributed by atoms with Crippen LogP contribution in [-0.4, -0.2) is 43.0 Å². The van der Waals surface area contributed by atoms with Crippen LogP contribution in [0.25, 0.3) is 5.57 Å². The number of carbonyl (C=O) groups is 2. The van der Waals surface area contributed by atoms with Crippen molar-refractivity contribution in [3.05, 3.63) is 69.3 Å². The number of carbonyl (C=O) groups excluding carboxylic acids is 2. The van der Waals surface area contributed by atoms with Gasteiger partial charge in [0.2, 0.25) is 0 Å². The minimum atomic E-state index is -0.403. The quantitative estimate of drug-likeness (QED) is 0.711. The monoisotopic (exact) mass is 416 g/mol. The third-order valence-electron chi connectivity index (χ3n) is 4.88. The highest BCUT2D eigenvalue weighted by molar-refractivity contribution is 6.47. The molecular weight excluding hydrogens is 399 g/mol. The summed E-state index contributed by atoms with van der Waals surface area (Å²) in [4.78, 5) is 29.8. The second kappa shape index (κ2) is 7.59. The number of hydrogen-bond donors (Lipinski definition) is 0. The Hall–Kier alpha value is -2.34. The Labute approximate surface area is 173 Å². The SMILES string of the molecule is Cc1ccc(C2=C(N3CCOCC3)C(=O)N(c3cc(Cl)ccc3Cl)C2=O)cc1. The zero-order valence-electron chi connectivity index (χ0n) is 15.2. The van der Waals surface area contributed by atoms with Gasteiger partial charge in [-0.15, -0.1) is 0 Å². The predicted molar refractivity (Wildman–Crippen MR) is 109 cm³/mol. The van der Waals surface area contributed by atoms with E-state index in [2.05, 4.69) is 0 Å². The summed E-state index contributed by atoms with van der Waals surface area (Å²) in [6.45, 7) is 4.07. The molecule has 0 radical (unpaired) electrons. The molecule has 0 bridgehead atoms. The smallest absolute Gasteiger partial charge is 0.282 e. The van der Waals surface area contributed by atoms with Crippen molar-refractivity contribution in [2.75, 3.05) is 31.2 Å². The summed E-state index contributed by atoms with van der Waals surface area (Å²) >= 11 is 12.4. The number of aryl methyl sites for hydroxylation is 1. The number of ether oxygens (including phenoxy) is 1. The van der Waals surface area contributed by atoms with Crippen molar-refractivity contribution in [1.82, 2.24) is 4.90 Å². The maximum absolute atomic E-state index is 13.4. The highest BCUT2D eigenvalue weighted by atomic mass is 35.5. The number of morpholine rings is 1. The summed E-state index contributed by atoms with van der Waals surface area (Å²) < 4.78 is 5.41. The van der Waals surface area contributed by atoms with Gasteiger partial charge in [0, 0.05) is 18.1 Å². The fourth-order valence-electron chi connectivity index (χ4n) is 3.45. The van der Waals surface area contributed by atoms with Gasteiger partial charge < -0.3 is 9.64 Å². The van der Waals surface area contributed by atoms with E-state index >= 15 is 0 Å². The van der Waals surface area contributed by atoms with E-state index in [1.54, 1.807) is 12.1 Å². The minimum absolute atomic E-state index is 0.289. The average Bonchev–Trinajstić information content (AvgIpc) is 2.95. The molecule has 0 aliphatic carbocycles. The Morgan fingerprint density at radius 3 is 2.29 bits per heavy atom. The first kappa shape index (κ1) is 19.0. The number of benzene rings is 2. The first-order valence-electron chi connectivity index (χ1n) is 8.95. The Bertz CT molecular complexity index is 980.